The number of nitriles is 1. The molecule has 0 fully saturated rings. The monoisotopic (exact) mass is 437 g/mol. The van der Waals surface area contributed by atoms with E-state index < -0.39 is 36.3 Å². The molecule has 1 aromatic carbocycles. The lowest BCUT2D eigenvalue weighted by atomic mass is 9.96. The first kappa shape index (κ1) is 20.8. The summed E-state index contributed by atoms with van der Waals surface area (Å²) >= 11 is 1.38. The number of hydrogen-bond acceptors (Lipinski definition) is 7. The molecule has 1 N–H and O–H groups in total. The minimum absolute atomic E-state index is 0.232. The molecule has 0 radical (unpaired) electrons. The number of carbonyl (C=O) groups is 4. The second kappa shape index (κ2) is 8.32. The second-order valence-electron chi connectivity index (χ2n) is 7.38. The van der Waals surface area contributed by atoms with Gasteiger partial charge in [-0.2, -0.15) is 5.26 Å². The largest absolute Gasteiger partial charge is 0.454 e. The Balaban J connectivity index is 1.38. The number of anilines is 1. The summed E-state index contributed by atoms with van der Waals surface area (Å²) in [6.45, 7) is 0.794. The molecule has 2 aliphatic rings. The third kappa shape index (κ3) is 3.70. The lowest BCUT2D eigenvalue weighted by Gasteiger charge is -2.20. The maximum atomic E-state index is 12.5. The molecule has 2 aromatic rings. The number of hydrogen-bond donors (Lipinski definition) is 1. The zero-order valence-electron chi connectivity index (χ0n) is 16.8. The van der Waals surface area contributed by atoms with E-state index in [0.29, 0.717) is 10.6 Å². The van der Waals surface area contributed by atoms with Crippen molar-refractivity contribution in [3.8, 4) is 6.07 Å². The molecule has 158 valence electrons. The van der Waals surface area contributed by atoms with E-state index in [1.54, 1.807) is 12.1 Å². The number of imide groups is 1. The number of benzene rings is 1. The number of thiophene rings is 1. The Kier molecular flexibility index (Phi) is 5.57. The van der Waals surface area contributed by atoms with Crippen molar-refractivity contribution in [1.29, 1.82) is 5.26 Å². The predicted octanol–water partition coefficient (Wildman–Crippen LogP) is 2.66. The Morgan fingerprint density at radius 3 is 2.48 bits per heavy atom. The third-order valence-corrected chi connectivity index (χ3v) is 6.64. The van der Waals surface area contributed by atoms with Crippen molar-refractivity contribution < 1.29 is 23.9 Å². The van der Waals surface area contributed by atoms with Crippen LogP contribution < -0.4 is 5.32 Å². The highest BCUT2D eigenvalue weighted by atomic mass is 32.1. The van der Waals surface area contributed by atoms with Gasteiger partial charge in [0.1, 0.15) is 17.1 Å². The first-order valence-corrected chi connectivity index (χ1v) is 10.7. The fourth-order valence-corrected chi connectivity index (χ4v) is 5.11. The minimum Gasteiger partial charge on any atom is -0.454 e. The van der Waals surface area contributed by atoms with Gasteiger partial charge in [0.05, 0.1) is 16.7 Å². The van der Waals surface area contributed by atoms with Crippen LogP contribution in [0.4, 0.5) is 5.00 Å². The molecule has 0 saturated heterocycles. The molecule has 4 rings (SSSR count). The summed E-state index contributed by atoms with van der Waals surface area (Å²) in [6.07, 6.45) is 3.77. The zero-order chi connectivity index (χ0) is 22.1. The van der Waals surface area contributed by atoms with Crippen molar-refractivity contribution in [2.45, 2.75) is 38.6 Å². The van der Waals surface area contributed by atoms with Crippen LogP contribution in [-0.2, 0) is 27.2 Å². The summed E-state index contributed by atoms with van der Waals surface area (Å²) in [4.78, 5) is 51.6. The van der Waals surface area contributed by atoms with Gasteiger partial charge in [-0.05, 0) is 50.3 Å². The van der Waals surface area contributed by atoms with Crippen LogP contribution >= 0.6 is 11.3 Å². The predicted molar refractivity (Wildman–Crippen MR) is 112 cm³/mol. The molecule has 9 heteroatoms. The zero-order valence-corrected chi connectivity index (χ0v) is 17.6. The van der Waals surface area contributed by atoms with Crippen LogP contribution in [0, 0.1) is 11.3 Å². The number of aryl methyl sites for hydroxylation is 1. The van der Waals surface area contributed by atoms with Gasteiger partial charge in [0.25, 0.3) is 17.7 Å². The summed E-state index contributed by atoms with van der Waals surface area (Å²) < 4.78 is 5.05. The Morgan fingerprint density at radius 1 is 1.19 bits per heavy atom. The number of esters is 1. The molecular weight excluding hydrogens is 418 g/mol. The fourth-order valence-electron chi connectivity index (χ4n) is 3.86. The normalized spacial score (nSPS) is 15.7. The number of nitrogens with one attached hydrogen (secondary N) is 1. The van der Waals surface area contributed by atoms with Gasteiger partial charge >= 0.3 is 5.97 Å². The topological polar surface area (TPSA) is 117 Å². The van der Waals surface area contributed by atoms with E-state index in [-0.39, 0.29) is 11.1 Å². The van der Waals surface area contributed by atoms with Gasteiger partial charge in [-0.1, -0.05) is 12.1 Å². The van der Waals surface area contributed by atoms with Crippen molar-refractivity contribution in [2.24, 2.45) is 0 Å². The molecule has 8 nitrogen and oxygen atoms in total. The maximum absolute atomic E-state index is 12.5. The van der Waals surface area contributed by atoms with E-state index in [1.165, 1.54) is 30.4 Å². The van der Waals surface area contributed by atoms with Crippen molar-refractivity contribution >= 4 is 40.0 Å². The molecular formula is C22H19N3O5S. The summed E-state index contributed by atoms with van der Waals surface area (Å²) in [6, 6.07) is 7.30. The number of ether oxygens (including phenoxy) is 1. The van der Waals surface area contributed by atoms with Crippen LogP contribution in [0.25, 0.3) is 0 Å². The molecule has 1 aliphatic heterocycles. The standard InChI is InChI=1S/C22H19N3O5S/c1-12(25-20(27)14-7-2-3-8-15(14)21(25)28)22(29)30-11-18(26)24-19-16(10-23)13-6-4-5-9-17(13)31-19/h2-3,7-8,12H,4-6,9,11H2,1H3,(H,24,26). The van der Waals surface area contributed by atoms with Gasteiger partial charge in [-0.25, -0.2) is 4.79 Å². The van der Waals surface area contributed by atoms with E-state index in [9.17, 15) is 24.4 Å². The minimum atomic E-state index is -1.18. The van der Waals surface area contributed by atoms with Crippen LogP contribution in [0.2, 0.25) is 0 Å². The maximum Gasteiger partial charge on any atom is 0.329 e. The van der Waals surface area contributed by atoms with Crippen LogP contribution in [0.15, 0.2) is 24.3 Å². The lowest BCUT2D eigenvalue weighted by Crippen LogP contribution is -2.44. The van der Waals surface area contributed by atoms with Gasteiger partial charge in [0.15, 0.2) is 6.61 Å². The average molecular weight is 437 g/mol. The molecule has 0 saturated carbocycles. The van der Waals surface area contributed by atoms with E-state index in [2.05, 4.69) is 11.4 Å². The fraction of sp³-hybridized carbons (Fsp3) is 0.318. The molecule has 3 amide bonds. The highest BCUT2D eigenvalue weighted by Crippen LogP contribution is 2.37. The van der Waals surface area contributed by atoms with Gasteiger partial charge in [-0.3, -0.25) is 19.3 Å². The van der Waals surface area contributed by atoms with Crippen LogP contribution in [0.1, 0.15) is 56.5 Å². The van der Waals surface area contributed by atoms with E-state index in [4.69, 9.17) is 4.74 Å². The lowest BCUT2D eigenvalue weighted by molar-refractivity contribution is -0.150. The summed E-state index contributed by atoms with van der Waals surface area (Å²) in [5.41, 5.74) is 1.93. The highest BCUT2D eigenvalue weighted by molar-refractivity contribution is 7.16. The number of nitrogens with zero attached hydrogens (tertiary/aromatic N) is 2. The van der Waals surface area contributed by atoms with Crippen molar-refractivity contribution in [3.05, 3.63) is 51.4 Å². The van der Waals surface area contributed by atoms with Crippen LogP contribution in [-0.4, -0.2) is 41.2 Å². The molecule has 1 atom stereocenters. The molecule has 1 aromatic heterocycles. The quantitative estimate of drug-likeness (QED) is 0.568. The molecule has 1 aliphatic carbocycles. The van der Waals surface area contributed by atoms with Crippen molar-refractivity contribution in [1.82, 2.24) is 4.90 Å². The number of fused-ring (bicyclic) bond motifs is 2. The van der Waals surface area contributed by atoms with Gasteiger partial charge in [0, 0.05) is 4.88 Å². The number of amides is 3. The summed E-state index contributed by atoms with van der Waals surface area (Å²) in [7, 11) is 0. The SMILES string of the molecule is CC(C(=O)OCC(=O)Nc1sc2c(c1C#N)CCCC2)N1C(=O)c2ccccc2C1=O. The summed E-state index contributed by atoms with van der Waals surface area (Å²) in [5, 5.41) is 12.6. The van der Waals surface area contributed by atoms with Crippen LogP contribution in [0.5, 0.6) is 0 Å². The number of carbonyl (C=O) groups excluding carboxylic acids is 4. The Bertz CT molecular complexity index is 1110. The third-order valence-electron chi connectivity index (χ3n) is 5.44. The molecule has 0 bridgehead atoms. The van der Waals surface area contributed by atoms with Crippen molar-refractivity contribution in [3.63, 3.8) is 0 Å². The first-order chi connectivity index (χ1) is 14.9. The van der Waals surface area contributed by atoms with Crippen LogP contribution in [0.3, 0.4) is 0 Å². The van der Waals surface area contributed by atoms with Crippen molar-refractivity contribution in [2.75, 3.05) is 11.9 Å². The van der Waals surface area contributed by atoms with E-state index in [1.807, 2.05) is 0 Å². The van der Waals surface area contributed by atoms with E-state index in [0.717, 1.165) is 41.0 Å². The Morgan fingerprint density at radius 2 is 1.84 bits per heavy atom. The Hall–Kier alpha value is -3.51. The average Bonchev–Trinajstić information content (AvgIpc) is 3.25. The summed E-state index contributed by atoms with van der Waals surface area (Å²) in [5.74, 6) is -2.59. The molecule has 1 unspecified atom stereocenters. The number of rotatable bonds is 5. The Labute approximate surface area is 182 Å². The molecule has 31 heavy (non-hydrogen) atoms. The smallest absolute Gasteiger partial charge is 0.329 e. The molecule has 0 spiro atoms. The second-order valence-corrected chi connectivity index (χ2v) is 8.49. The molecule has 2 heterocycles. The van der Waals surface area contributed by atoms with E-state index >= 15 is 0 Å². The van der Waals surface area contributed by atoms with Gasteiger partial charge in [0.2, 0.25) is 0 Å². The first-order valence-electron chi connectivity index (χ1n) is 9.90. The van der Waals surface area contributed by atoms with Gasteiger partial charge < -0.3 is 10.1 Å². The highest BCUT2D eigenvalue weighted by Gasteiger charge is 2.41. The van der Waals surface area contributed by atoms with Gasteiger partial charge in [-0.15, -0.1) is 11.3 Å².